The van der Waals surface area contributed by atoms with Crippen molar-refractivity contribution in [3.8, 4) is 0 Å². The molecule has 0 amide bonds. The Morgan fingerprint density at radius 3 is 2.94 bits per heavy atom. The van der Waals surface area contributed by atoms with Crippen LogP contribution in [0, 0.1) is 6.92 Å². The summed E-state index contributed by atoms with van der Waals surface area (Å²) >= 11 is 0. The average molecular weight is 234 g/mol. The molecule has 0 aromatic carbocycles. The first kappa shape index (κ1) is 12.0. The summed E-state index contributed by atoms with van der Waals surface area (Å²) in [6.45, 7) is 4.87. The molecule has 1 aromatic heterocycles. The van der Waals surface area contributed by atoms with Crippen molar-refractivity contribution in [2.45, 2.75) is 38.8 Å². The van der Waals surface area contributed by atoms with Crippen LogP contribution in [0.4, 0.5) is 0 Å². The fourth-order valence-corrected chi connectivity index (χ4v) is 2.41. The number of pyridine rings is 1. The van der Waals surface area contributed by atoms with Gasteiger partial charge in [-0.3, -0.25) is 14.7 Å². The highest BCUT2D eigenvalue weighted by atomic mass is 16.4. The van der Waals surface area contributed by atoms with Gasteiger partial charge in [0.05, 0.1) is 11.7 Å². The molecule has 1 aliphatic rings. The van der Waals surface area contributed by atoms with E-state index in [2.05, 4.69) is 4.98 Å². The SMILES string of the molecule is Cc1ccc(C(C)N2CCC[C@H]2C(=O)O)nc1. The van der Waals surface area contributed by atoms with Gasteiger partial charge in [-0.05, 0) is 44.9 Å². The van der Waals surface area contributed by atoms with E-state index in [4.69, 9.17) is 5.11 Å². The first-order valence-electron chi connectivity index (χ1n) is 6.00. The van der Waals surface area contributed by atoms with Gasteiger partial charge in [-0.15, -0.1) is 0 Å². The molecule has 0 bridgehead atoms. The molecule has 2 atom stereocenters. The zero-order valence-corrected chi connectivity index (χ0v) is 10.3. The van der Waals surface area contributed by atoms with Crippen molar-refractivity contribution >= 4 is 5.97 Å². The number of carbonyl (C=O) groups is 1. The fourth-order valence-electron chi connectivity index (χ4n) is 2.41. The second-order valence-corrected chi connectivity index (χ2v) is 4.67. The molecule has 1 fully saturated rings. The molecule has 0 aliphatic carbocycles. The first-order valence-corrected chi connectivity index (χ1v) is 6.00. The number of hydrogen-bond acceptors (Lipinski definition) is 3. The molecular formula is C13H18N2O2. The third kappa shape index (κ3) is 2.47. The van der Waals surface area contributed by atoms with Crippen molar-refractivity contribution < 1.29 is 9.90 Å². The lowest BCUT2D eigenvalue weighted by Crippen LogP contribution is -2.37. The van der Waals surface area contributed by atoms with E-state index < -0.39 is 5.97 Å². The van der Waals surface area contributed by atoms with Crippen LogP contribution in [0.5, 0.6) is 0 Å². The molecule has 1 N–H and O–H groups in total. The van der Waals surface area contributed by atoms with Crippen LogP contribution in [0.1, 0.15) is 37.1 Å². The minimum Gasteiger partial charge on any atom is -0.480 e. The van der Waals surface area contributed by atoms with E-state index in [9.17, 15) is 4.79 Å². The number of likely N-dealkylation sites (tertiary alicyclic amines) is 1. The van der Waals surface area contributed by atoms with Gasteiger partial charge < -0.3 is 5.11 Å². The van der Waals surface area contributed by atoms with Crippen LogP contribution < -0.4 is 0 Å². The summed E-state index contributed by atoms with van der Waals surface area (Å²) < 4.78 is 0. The molecule has 2 heterocycles. The van der Waals surface area contributed by atoms with E-state index in [1.165, 1.54) is 0 Å². The van der Waals surface area contributed by atoms with Gasteiger partial charge in [0.2, 0.25) is 0 Å². The number of aromatic nitrogens is 1. The van der Waals surface area contributed by atoms with Crippen LogP contribution >= 0.6 is 0 Å². The molecular weight excluding hydrogens is 216 g/mol. The Kier molecular flexibility index (Phi) is 3.43. The Hall–Kier alpha value is -1.42. The Morgan fingerprint density at radius 2 is 2.35 bits per heavy atom. The van der Waals surface area contributed by atoms with Crippen LogP contribution in [0.25, 0.3) is 0 Å². The van der Waals surface area contributed by atoms with Gasteiger partial charge in [-0.2, -0.15) is 0 Å². The summed E-state index contributed by atoms with van der Waals surface area (Å²) in [4.78, 5) is 17.5. The molecule has 1 saturated heterocycles. The fraction of sp³-hybridized carbons (Fsp3) is 0.538. The summed E-state index contributed by atoms with van der Waals surface area (Å²) in [7, 11) is 0. The molecule has 1 aromatic rings. The third-order valence-electron chi connectivity index (χ3n) is 3.44. The van der Waals surface area contributed by atoms with Crippen LogP contribution in [0.15, 0.2) is 18.3 Å². The molecule has 2 rings (SSSR count). The molecule has 1 unspecified atom stereocenters. The van der Waals surface area contributed by atoms with Gasteiger partial charge in [0.25, 0.3) is 0 Å². The standard InChI is InChI=1S/C13H18N2O2/c1-9-5-6-11(14-8-9)10(2)15-7-3-4-12(15)13(16)17/h5-6,8,10,12H,3-4,7H2,1-2H3,(H,16,17)/t10?,12-/m0/s1. The van der Waals surface area contributed by atoms with Gasteiger partial charge in [-0.1, -0.05) is 6.07 Å². The van der Waals surface area contributed by atoms with Crippen molar-refractivity contribution in [2.24, 2.45) is 0 Å². The van der Waals surface area contributed by atoms with Crippen molar-refractivity contribution in [1.29, 1.82) is 0 Å². The Balaban J connectivity index is 2.16. The molecule has 4 heteroatoms. The maximum Gasteiger partial charge on any atom is 0.320 e. The highest BCUT2D eigenvalue weighted by Crippen LogP contribution is 2.28. The smallest absolute Gasteiger partial charge is 0.320 e. The predicted molar refractivity (Wildman–Crippen MR) is 64.8 cm³/mol. The number of carboxylic acid groups (broad SMARTS) is 1. The van der Waals surface area contributed by atoms with Gasteiger partial charge in [0.15, 0.2) is 0 Å². The molecule has 0 radical (unpaired) electrons. The quantitative estimate of drug-likeness (QED) is 0.869. The summed E-state index contributed by atoms with van der Waals surface area (Å²) in [5, 5.41) is 9.16. The van der Waals surface area contributed by atoms with E-state index in [0.717, 1.165) is 30.6 Å². The Labute approximate surface area is 101 Å². The normalized spacial score (nSPS) is 22.6. The second kappa shape index (κ2) is 4.84. The molecule has 4 nitrogen and oxygen atoms in total. The van der Waals surface area contributed by atoms with Crippen molar-refractivity contribution in [2.75, 3.05) is 6.54 Å². The zero-order chi connectivity index (χ0) is 12.4. The Bertz CT molecular complexity index is 402. The van der Waals surface area contributed by atoms with Crippen LogP contribution in [-0.2, 0) is 4.79 Å². The molecule has 1 aliphatic heterocycles. The van der Waals surface area contributed by atoms with Crippen molar-refractivity contribution in [3.63, 3.8) is 0 Å². The topological polar surface area (TPSA) is 53.4 Å². The third-order valence-corrected chi connectivity index (χ3v) is 3.44. The minimum absolute atomic E-state index is 0.0687. The molecule has 17 heavy (non-hydrogen) atoms. The largest absolute Gasteiger partial charge is 0.480 e. The predicted octanol–water partition coefficient (Wildman–Crippen LogP) is 2.00. The number of carboxylic acids is 1. The van der Waals surface area contributed by atoms with E-state index in [1.807, 2.05) is 37.1 Å². The summed E-state index contributed by atoms with van der Waals surface area (Å²) in [5.74, 6) is -0.721. The average Bonchev–Trinajstić information content (AvgIpc) is 2.78. The summed E-state index contributed by atoms with van der Waals surface area (Å²) in [6.07, 6.45) is 3.52. The summed E-state index contributed by atoms with van der Waals surface area (Å²) in [5.41, 5.74) is 2.07. The number of hydrogen-bond donors (Lipinski definition) is 1. The number of rotatable bonds is 3. The highest BCUT2D eigenvalue weighted by Gasteiger charge is 2.34. The van der Waals surface area contributed by atoms with Crippen LogP contribution in [0.2, 0.25) is 0 Å². The molecule has 92 valence electrons. The second-order valence-electron chi connectivity index (χ2n) is 4.67. The van der Waals surface area contributed by atoms with E-state index in [1.54, 1.807) is 0 Å². The maximum absolute atomic E-state index is 11.1. The lowest BCUT2D eigenvalue weighted by Gasteiger charge is -2.27. The van der Waals surface area contributed by atoms with Crippen molar-refractivity contribution in [1.82, 2.24) is 9.88 Å². The van der Waals surface area contributed by atoms with E-state index in [-0.39, 0.29) is 12.1 Å². The highest BCUT2D eigenvalue weighted by molar-refractivity contribution is 5.73. The van der Waals surface area contributed by atoms with Crippen LogP contribution in [-0.4, -0.2) is 33.5 Å². The van der Waals surface area contributed by atoms with Gasteiger partial charge in [0.1, 0.15) is 6.04 Å². The van der Waals surface area contributed by atoms with E-state index >= 15 is 0 Å². The van der Waals surface area contributed by atoms with Gasteiger partial charge >= 0.3 is 5.97 Å². The van der Waals surface area contributed by atoms with E-state index in [0.29, 0.717) is 0 Å². The monoisotopic (exact) mass is 234 g/mol. The van der Waals surface area contributed by atoms with Crippen molar-refractivity contribution in [3.05, 3.63) is 29.6 Å². The molecule has 0 spiro atoms. The first-order chi connectivity index (χ1) is 8.09. The Morgan fingerprint density at radius 1 is 1.59 bits per heavy atom. The number of aliphatic carboxylic acids is 1. The molecule has 0 saturated carbocycles. The summed E-state index contributed by atoms with van der Waals surface area (Å²) in [6, 6.07) is 3.72. The van der Waals surface area contributed by atoms with Gasteiger partial charge in [0, 0.05) is 6.20 Å². The van der Waals surface area contributed by atoms with Crippen LogP contribution in [0.3, 0.4) is 0 Å². The zero-order valence-electron chi connectivity index (χ0n) is 10.3. The van der Waals surface area contributed by atoms with Gasteiger partial charge in [-0.25, -0.2) is 0 Å². The number of aryl methyl sites for hydroxylation is 1. The maximum atomic E-state index is 11.1. The number of nitrogens with zero attached hydrogens (tertiary/aromatic N) is 2. The minimum atomic E-state index is -0.721. The lowest BCUT2D eigenvalue weighted by molar-refractivity contribution is -0.142. The lowest BCUT2D eigenvalue weighted by atomic mass is 10.1.